The molecule has 0 aliphatic carbocycles. The molecule has 4 heterocycles. The lowest BCUT2D eigenvalue weighted by molar-refractivity contribution is -0.137. The third-order valence-electron chi connectivity index (χ3n) is 6.38. The van der Waals surface area contributed by atoms with Gasteiger partial charge in [-0.3, -0.25) is 14.5 Å². The van der Waals surface area contributed by atoms with Crippen molar-refractivity contribution in [3.63, 3.8) is 0 Å². The number of likely N-dealkylation sites (tertiary alicyclic amines) is 1. The number of aromatic nitrogens is 1. The van der Waals surface area contributed by atoms with Gasteiger partial charge in [0.2, 0.25) is 0 Å². The van der Waals surface area contributed by atoms with Crippen molar-refractivity contribution >= 4 is 44.6 Å². The quantitative estimate of drug-likeness (QED) is 0.553. The molecular formula is C22H21F3N4O2S2. The number of alkyl halides is 3. The van der Waals surface area contributed by atoms with Crippen molar-refractivity contribution in [3.8, 4) is 0 Å². The highest BCUT2D eigenvalue weighted by Crippen LogP contribution is 2.37. The summed E-state index contributed by atoms with van der Waals surface area (Å²) in [5, 5.41) is 2.44. The van der Waals surface area contributed by atoms with Crippen LogP contribution in [0.4, 0.5) is 13.2 Å². The van der Waals surface area contributed by atoms with Crippen molar-refractivity contribution in [1.82, 2.24) is 19.7 Å². The Labute approximate surface area is 196 Å². The Morgan fingerprint density at radius 1 is 1.06 bits per heavy atom. The Morgan fingerprint density at radius 2 is 1.79 bits per heavy atom. The summed E-state index contributed by atoms with van der Waals surface area (Å²) >= 11 is 2.52. The highest BCUT2D eigenvalue weighted by atomic mass is 32.1. The van der Waals surface area contributed by atoms with Crippen molar-refractivity contribution in [2.45, 2.75) is 19.1 Å². The molecule has 2 aliphatic rings. The number of hydrogen-bond donors (Lipinski definition) is 0. The van der Waals surface area contributed by atoms with E-state index in [1.54, 1.807) is 27.6 Å². The molecule has 174 valence electrons. The molecule has 2 fully saturated rings. The van der Waals surface area contributed by atoms with E-state index < -0.39 is 11.7 Å². The van der Waals surface area contributed by atoms with Gasteiger partial charge in [-0.1, -0.05) is 6.07 Å². The molecule has 3 aromatic rings. The van der Waals surface area contributed by atoms with E-state index in [-0.39, 0.29) is 17.9 Å². The number of amides is 2. The van der Waals surface area contributed by atoms with Crippen LogP contribution >= 0.6 is 22.7 Å². The Kier molecular flexibility index (Phi) is 5.66. The molecule has 0 unspecified atom stereocenters. The number of rotatable bonds is 3. The second-order valence-electron chi connectivity index (χ2n) is 8.33. The number of thiophene rings is 1. The largest absolute Gasteiger partial charge is 0.416 e. The fourth-order valence-electron chi connectivity index (χ4n) is 4.37. The summed E-state index contributed by atoms with van der Waals surface area (Å²) in [5.41, 5.74) is 2.15. The average molecular weight is 495 g/mol. The van der Waals surface area contributed by atoms with Crippen LogP contribution in [0, 0.1) is 6.92 Å². The zero-order valence-corrected chi connectivity index (χ0v) is 19.4. The maximum atomic E-state index is 13.1. The predicted octanol–water partition coefficient (Wildman–Crippen LogP) is 3.97. The zero-order valence-electron chi connectivity index (χ0n) is 17.8. The van der Waals surface area contributed by atoms with Gasteiger partial charge in [0, 0.05) is 55.4 Å². The fourth-order valence-corrected chi connectivity index (χ4v) is 6.11. The van der Waals surface area contributed by atoms with E-state index >= 15 is 0 Å². The Balaban J connectivity index is 1.20. The molecule has 0 saturated carbocycles. The van der Waals surface area contributed by atoms with Crippen LogP contribution in [-0.4, -0.2) is 76.8 Å². The van der Waals surface area contributed by atoms with Crippen molar-refractivity contribution in [2.24, 2.45) is 0 Å². The zero-order chi connectivity index (χ0) is 23.3. The van der Waals surface area contributed by atoms with E-state index in [0.717, 1.165) is 29.0 Å². The Bertz CT molecular complexity index is 1190. The topological polar surface area (TPSA) is 56.8 Å². The Hall–Kier alpha value is -2.50. The number of halogens is 3. The lowest BCUT2D eigenvalue weighted by Gasteiger charge is -2.47. The molecule has 0 atom stereocenters. The van der Waals surface area contributed by atoms with Gasteiger partial charge < -0.3 is 9.80 Å². The van der Waals surface area contributed by atoms with Gasteiger partial charge >= 0.3 is 6.18 Å². The van der Waals surface area contributed by atoms with Crippen LogP contribution in [0.25, 0.3) is 10.1 Å². The predicted molar refractivity (Wildman–Crippen MR) is 121 cm³/mol. The smallest absolute Gasteiger partial charge is 0.335 e. The number of hydrogen-bond acceptors (Lipinski definition) is 6. The molecule has 2 saturated heterocycles. The van der Waals surface area contributed by atoms with Crippen LogP contribution < -0.4 is 0 Å². The number of aryl methyl sites for hydroxylation is 1. The van der Waals surface area contributed by atoms with Gasteiger partial charge in [-0.2, -0.15) is 13.2 Å². The molecule has 0 N–H and O–H groups in total. The van der Waals surface area contributed by atoms with Gasteiger partial charge in [-0.05, 0) is 30.0 Å². The first-order valence-corrected chi connectivity index (χ1v) is 12.3. The normalized spacial score (nSPS) is 18.1. The molecule has 0 radical (unpaired) electrons. The molecule has 2 amide bonds. The maximum Gasteiger partial charge on any atom is 0.416 e. The lowest BCUT2D eigenvalue weighted by Crippen LogP contribution is -2.64. The molecule has 6 nitrogen and oxygen atoms in total. The molecule has 0 spiro atoms. The summed E-state index contributed by atoms with van der Waals surface area (Å²) in [6.07, 6.45) is -4.41. The van der Waals surface area contributed by atoms with Crippen LogP contribution in [0.1, 0.15) is 31.3 Å². The standard InChI is InChI=1S/C22H21F3N4O2S2/c1-13-16-3-2-14(22(23,24)25)8-18(16)33-19(13)21(31)28-6-4-27(5-7-28)15-9-29(10-15)20(30)17-11-32-12-26-17/h2-3,8,11-12,15H,4-7,9-10H2,1H3. The van der Waals surface area contributed by atoms with Crippen molar-refractivity contribution in [1.29, 1.82) is 0 Å². The van der Waals surface area contributed by atoms with Crippen LogP contribution in [0.3, 0.4) is 0 Å². The van der Waals surface area contributed by atoms with Crippen molar-refractivity contribution in [2.75, 3.05) is 39.3 Å². The summed E-state index contributed by atoms with van der Waals surface area (Å²) in [6.45, 7) is 5.61. The van der Waals surface area contributed by atoms with Gasteiger partial charge in [-0.25, -0.2) is 4.98 Å². The van der Waals surface area contributed by atoms with E-state index in [1.165, 1.54) is 17.4 Å². The third kappa shape index (κ3) is 4.13. The molecule has 33 heavy (non-hydrogen) atoms. The van der Waals surface area contributed by atoms with Crippen molar-refractivity contribution < 1.29 is 22.8 Å². The molecule has 0 bridgehead atoms. The summed E-state index contributed by atoms with van der Waals surface area (Å²) in [5.74, 6) is -0.175. The third-order valence-corrected chi connectivity index (χ3v) is 8.21. The number of piperazine rings is 1. The SMILES string of the molecule is Cc1c(C(=O)N2CCN(C3CN(C(=O)c4cscn4)C3)CC2)sc2cc(C(F)(F)F)ccc12. The number of carbonyl (C=O) groups excluding carboxylic acids is 2. The second-order valence-corrected chi connectivity index (χ2v) is 10.1. The minimum atomic E-state index is -4.41. The van der Waals surface area contributed by atoms with E-state index in [1.807, 2.05) is 0 Å². The molecule has 2 aliphatic heterocycles. The highest BCUT2D eigenvalue weighted by molar-refractivity contribution is 7.21. The fraction of sp³-hybridized carbons (Fsp3) is 0.409. The second kappa shape index (κ2) is 8.37. The number of thiazole rings is 1. The van der Waals surface area contributed by atoms with Gasteiger partial charge in [0.25, 0.3) is 11.8 Å². The number of fused-ring (bicyclic) bond motifs is 1. The summed E-state index contributed by atoms with van der Waals surface area (Å²) in [7, 11) is 0. The lowest BCUT2D eigenvalue weighted by atomic mass is 10.1. The molecule has 5 rings (SSSR count). The molecule has 2 aromatic heterocycles. The van der Waals surface area contributed by atoms with E-state index in [0.29, 0.717) is 59.9 Å². The summed E-state index contributed by atoms with van der Waals surface area (Å²) in [4.78, 5) is 35.9. The van der Waals surface area contributed by atoms with Crippen LogP contribution in [0.5, 0.6) is 0 Å². The molecular weight excluding hydrogens is 473 g/mol. The van der Waals surface area contributed by atoms with E-state index in [4.69, 9.17) is 0 Å². The summed E-state index contributed by atoms with van der Waals surface area (Å²) in [6, 6.07) is 3.91. The minimum Gasteiger partial charge on any atom is -0.335 e. The van der Waals surface area contributed by atoms with Gasteiger partial charge in [0.15, 0.2) is 0 Å². The first-order valence-electron chi connectivity index (χ1n) is 10.5. The Morgan fingerprint density at radius 3 is 2.42 bits per heavy atom. The summed E-state index contributed by atoms with van der Waals surface area (Å²) < 4.78 is 39.6. The minimum absolute atomic E-state index is 0.0461. The van der Waals surface area contributed by atoms with E-state index in [2.05, 4.69) is 9.88 Å². The first kappa shape index (κ1) is 22.3. The van der Waals surface area contributed by atoms with E-state index in [9.17, 15) is 22.8 Å². The average Bonchev–Trinajstić information content (AvgIpc) is 3.40. The number of carbonyl (C=O) groups is 2. The number of nitrogens with zero attached hydrogens (tertiary/aromatic N) is 4. The van der Waals surface area contributed by atoms with Gasteiger partial charge in [0.1, 0.15) is 5.69 Å². The van der Waals surface area contributed by atoms with Crippen LogP contribution in [-0.2, 0) is 6.18 Å². The molecule has 1 aromatic carbocycles. The van der Waals surface area contributed by atoms with Crippen LogP contribution in [0.2, 0.25) is 0 Å². The first-order chi connectivity index (χ1) is 15.7. The number of benzene rings is 1. The van der Waals surface area contributed by atoms with Gasteiger partial charge in [-0.15, -0.1) is 22.7 Å². The van der Waals surface area contributed by atoms with Gasteiger partial charge in [0.05, 0.1) is 16.0 Å². The van der Waals surface area contributed by atoms with Crippen LogP contribution in [0.15, 0.2) is 29.1 Å². The van der Waals surface area contributed by atoms with Crippen molar-refractivity contribution in [3.05, 3.63) is 50.8 Å². The molecule has 11 heteroatoms. The maximum absolute atomic E-state index is 13.1. The highest BCUT2D eigenvalue weighted by Gasteiger charge is 2.38. The monoisotopic (exact) mass is 494 g/mol.